The first-order valence-electron chi connectivity index (χ1n) is 7.91. The van der Waals surface area contributed by atoms with E-state index in [0.717, 1.165) is 11.6 Å². The van der Waals surface area contributed by atoms with Gasteiger partial charge in [-0.05, 0) is 64.9 Å². The van der Waals surface area contributed by atoms with E-state index in [9.17, 15) is 9.18 Å². The summed E-state index contributed by atoms with van der Waals surface area (Å²) >= 11 is 1.52. The smallest absolute Gasteiger partial charge is 0.336 e. The molecule has 0 radical (unpaired) electrons. The van der Waals surface area contributed by atoms with E-state index in [-0.39, 0.29) is 5.75 Å². The highest BCUT2D eigenvalue weighted by Gasteiger charge is 2.08. The van der Waals surface area contributed by atoms with Gasteiger partial charge in [0.2, 0.25) is 0 Å². The van der Waals surface area contributed by atoms with Crippen LogP contribution in [0.25, 0.3) is 6.08 Å². The van der Waals surface area contributed by atoms with Gasteiger partial charge in [0.15, 0.2) is 11.6 Å². The summed E-state index contributed by atoms with van der Waals surface area (Å²) in [5, 5.41) is 11.8. The topological polar surface area (TPSA) is 60.3 Å². The molecule has 1 aromatic heterocycles. The first kappa shape index (κ1) is 18.5. The Bertz CT molecular complexity index is 967. The minimum Gasteiger partial charge on any atom is -0.497 e. The van der Waals surface area contributed by atoms with Crippen LogP contribution in [-0.4, -0.2) is 13.1 Å². The molecule has 136 valence electrons. The van der Waals surface area contributed by atoms with Crippen molar-refractivity contribution >= 4 is 34.8 Å². The molecular weight excluding hydrogens is 367 g/mol. The number of benzene rings is 2. The molecule has 0 fully saturated rings. The fourth-order valence-electron chi connectivity index (χ4n) is 2.08. The van der Waals surface area contributed by atoms with Crippen LogP contribution in [0.1, 0.15) is 5.56 Å². The van der Waals surface area contributed by atoms with Crippen molar-refractivity contribution < 1.29 is 18.7 Å². The third kappa shape index (κ3) is 5.32. The number of thiophene rings is 1. The Hall–Kier alpha value is -3.32. The van der Waals surface area contributed by atoms with E-state index >= 15 is 0 Å². The molecule has 0 amide bonds. The van der Waals surface area contributed by atoms with Crippen LogP contribution in [0, 0.1) is 5.82 Å². The second kappa shape index (κ2) is 8.86. The van der Waals surface area contributed by atoms with E-state index in [2.05, 4.69) is 10.2 Å². The van der Waals surface area contributed by atoms with Gasteiger partial charge in [0.05, 0.1) is 18.5 Å². The van der Waals surface area contributed by atoms with Crippen LogP contribution in [0.5, 0.6) is 11.5 Å². The van der Waals surface area contributed by atoms with Gasteiger partial charge in [0.1, 0.15) is 5.75 Å². The molecule has 0 atom stereocenters. The quantitative estimate of drug-likeness (QED) is 0.230. The first-order valence-corrected chi connectivity index (χ1v) is 8.86. The Kier molecular flexibility index (Phi) is 6.06. The second-order valence-electron chi connectivity index (χ2n) is 5.32. The molecule has 0 N–H and O–H groups in total. The zero-order valence-corrected chi connectivity index (χ0v) is 15.2. The van der Waals surface area contributed by atoms with Gasteiger partial charge in [-0.15, -0.1) is 0 Å². The van der Waals surface area contributed by atoms with Crippen molar-refractivity contribution in [2.75, 3.05) is 7.11 Å². The molecule has 3 rings (SSSR count). The van der Waals surface area contributed by atoms with Crippen LogP contribution >= 0.6 is 11.3 Å². The lowest BCUT2D eigenvalue weighted by Crippen LogP contribution is -2.04. The Balaban J connectivity index is 1.64. The Morgan fingerprint density at radius 2 is 1.81 bits per heavy atom. The maximum atomic E-state index is 14.1. The predicted octanol–water partition coefficient (Wildman–Crippen LogP) is 5.93. The average Bonchev–Trinajstić information content (AvgIpc) is 3.21. The van der Waals surface area contributed by atoms with Gasteiger partial charge in [0.25, 0.3) is 0 Å². The van der Waals surface area contributed by atoms with E-state index in [1.807, 2.05) is 16.8 Å². The van der Waals surface area contributed by atoms with Gasteiger partial charge >= 0.3 is 5.97 Å². The summed E-state index contributed by atoms with van der Waals surface area (Å²) in [6.07, 6.45) is 2.85. The number of hydrogen-bond donors (Lipinski definition) is 0. The molecule has 3 aromatic rings. The highest BCUT2D eigenvalue weighted by Crippen LogP contribution is 2.25. The van der Waals surface area contributed by atoms with Gasteiger partial charge < -0.3 is 9.47 Å². The van der Waals surface area contributed by atoms with E-state index in [4.69, 9.17) is 9.47 Å². The highest BCUT2D eigenvalue weighted by molar-refractivity contribution is 7.08. The number of esters is 1. The molecule has 0 aliphatic heterocycles. The summed E-state index contributed by atoms with van der Waals surface area (Å²) < 4.78 is 24.2. The van der Waals surface area contributed by atoms with Crippen molar-refractivity contribution in [2.24, 2.45) is 10.2 Å². The summed E-state index contributed by atoms with van der Waals surface area (Å²) in [5.74, 6) is -0.816. The van der Waals surface area contributed by atoms with Crippen LogP contribution in [-0.2, 0) is 4.79 Å². The number of carbonyl (C=O) groups excluding carboxylic acids is 1. The van der Waals surface area contributed by atoms with Crippen molar-refractivity contribution in [1.29, 1.82) is 0 Å². The summed E-state index contributed by atoms with van der Waals surface area (Å²) in [6.45, 7) is 0. The second-order valence-corrected chi connectivity index (χ2v) is 6.10. The molecular formula is C20H15FN2O3S. The largest absolute Gasteiger partial charge is 0.497 e. The molecule has 0 saturated carbocycles. The zero-order valence-electron chi connectivity index (χ0n) is 14.3. The molecule has 5 nitrogen and oxygen atoms in total. The van der Waals surface area contributed by atoms with Crippen molar-refractivity contribution in [3.63, 3.8) is 0 Å². The van der Waals surface area contributed by atoms with Crippen molar-refractivity contribution in [3.8, 4) is 11.5 Å². The van der Waals surface area contributed by atoms with E-state index < -0.39 is 11.8 Å². The lowest BCUT2D eigenvalue weighted by Gasteiger charge is -2.03. The van der Waals surface area contributed by atoms with Crippen molar-refractivity contribution in [2.45, 2.75) is 0 Å². The maximum absolute atomic E-state index is 14.1. The molecule has 0 aliphatic carbocycles. The number of carbonyl (C=O) groups is 1. The fraction of sp³-hybridized carbons (Fsp3) is 0.0500. The summed E-state index contributed by atoms with van der Waals surface area (Å²) in [5.41, 5.74) is 1.79. The number of halogens is 1. The van der Waals surface area contributed by atoms with Crippen LogP contribution in [0.2, 0.25) is 0 Å². The molecule has 0 bridgehead atoms. The number of methoxy groups -OCH3 is 1. The van der Waals surface area contributed by atoms with Gasteiger partial charge in [-0.2, -0.15) is 21.6 Å². The van der Waals surface area contributed by atoms with Crippen molar-refractivity contribution in [3.05, 3.63) is 76.7 Å². The molecule has 7 heteroatoms. The SMILES string of the molecule is COc1ccc(N=Nc2ccc(OC(=O)/C=C/c3ccsc3)c(F)c2)cc1. The predicted molar refractivity (Wildman–Crippen MR) is 103 cm³/mol. The molecule has 1 heterocycles. The lowest BCUT2D eigenvalue weighted by atomic mass is 10.3. The van der Waals surface area contributed by atoms with Crippen molar-refractivity contribution in [1.82, 2.24) is 0 Å². The fourth-order valence-corrected chi connectivity index (χ4v) is 2.70. The van der Waals surface area contributed by atoms with Gasteiger partial charge in [0, 0.05) is 12.1 Å². The molecule has 0 spiro atoms. The Morgan fingerprint density at radius 3 is 2.48 bits per heavy atom. The normalized spacial score (nSPS) is 11.2. The van der Waals surface area contributed by atoms with Crippen LogP contribution in [0.3, 0.4) is 0 Å². The van der Waals surface area contributed by atoms with Crippen LogP contribution in [0.4, 0.5) is 15.8 Å². The zero-order chi connectivity index (χ0) is 19.1. The summed E-state index contributed by atoms with van der Waals surface area (Å²) in [6, 6.07) is 12.8. The number of ether oxygens (including phenoxy) is 2. The highest BCUT2D eigenvalue weighted by atomic mass is 32.1. The van der Waals surface area contributed by atoms with Crippen LogP contribution in [0.15, 0.2) is 75.6 Å². The molecule has 2 aromatic carbocycles. The molecule has 27 heavy (non-hydrogen) atoms. The minimum absolute atomic E-state index is 0.168. The monoisotopic (exact) mass is 382 g/mol. The third-order valence-electron chi connectivity index (χ3n) is 3.43. The van der Waals surface area contributed by atoms with Gasteiger partial charge in [-0.25, -0.2) is 9.18 Å². The summed E-state index contributed by atoms with van der Waals surface area (Å²) in [4.78, 5) is 11.8. The standard InChI is InChI=1S/C20H15FN2O3S/c1-25-17-6-3-15(4-7-17)22-23-16-5-8-19(18(21)12-16)26-20(24)9-2-14-10-11-27-13-14/h2-13H,1H3/b9-2+,23-22?. The average molecular weight is 382 g/mol. The number of rotatable bonds is 6. The Labute approximate surface area is 159 Å². The molecule has 0 aliphatic rings. The van der Waals surface area contributed by atoms with E-state index in [0.29, 0.717) is 17.1 Å². The Morgan fingerprint density at radius 1 is 1.07 bits per heavy atom. The molecule has 0 saturated heterocycles. The number of hydrogen-bond acceptors (Lipinski definition) is 6. The summed E-state index contributed by atoms with van der Waals surface area (Å²) in [7, 11) is 1.57. The van der Waals surface area contributed by atoms with E-state index in [1.54, 1.807) is 37.5 Å². The maximum Gasteiger partial charge on any atom is 0.336 e. The van der Waals surface area contributed by atoms with E-state index in [1.165, 1.54) is 29.5 Å². The molecule has 0 unspecified atom stereocenters. The van der Waals surface area contributed by atoms with Gasteiger partial charge in [-0.3, -0.25) is 0 Å². The number of nitrogens with zero attached hydrogens (tertiary/aromatic N) is 2. The van der Waals surface area contributed by atoms with Crippen LogP contribution < -0.4 is 9.47 Å². The van der Waals surface area contributed by atoms with Gasteiger partial charge in [-0.1, -0.05) is 0 Å². The first-order chi connectivity index (χ1) is 13.1. The third-order valence-corrected chi connectivity index (χ3v) is 4.14. The lowest BCUT2D eigenvalue weighted by molar-refractivity contribution is -0.129. The minimum atomic E-state index is -0.696. The number of azo groups is 1.